The predicted molar refractivity (Wildman–Crippen MR) is 175 cm³/mol. The van der Waals surface area contributed by atoms with Crippen LogP contribution in [-0.4, -0.2) is 102 Å². The van der Waals surface area contributed by atoms with Gasteiger partial charge in [-0.3, -0.25) is 28.8 Å². The Balaban J connectivity index is 2.52. The Morgan fingerprint density at radius 1 is 0.872 bits per heavy atom. The second kappa shape index (κ2) is 20.2. The first-order valence-corrected chi connectivity index (χ1v) is 17.4. The zero-order valence-corrected chi connectivity index (χ0v) is 28.8. The number of hydrogen-bond acceptors (Lipinski definition) is 9. The van der Waals surface area contributed by atoms with Crippen molar-refractivity contribution in [3.8, 4) is 0 Å². The molecule has 1 aliphatic heterocycles. The lowest BCUT2D eigenvalue weighted by molar-refractivity contribution is -0.157. The van der Waals surface area contributed by atoms with Gasteiger partial charge >= 0.3 is 5.97 Å². The highest BCUT2D eigenvalue weighted by atomic mass is 16.5. The summed E-state index contributed by atoms with van der Waals surface area (Å²) >= 11 is 0. The quantitative estimate of drug-likeness (QED) is 0.143. The second-order valence-corrected chi connectivity index (χ2v) is 13.0. The summed E-state index contributed by atoms with van der Waals surface area (Å²) in [5.41, 5.74) is 5.86. The first-order valence-electron chi connectivity index (χ1n) is 17.4. The maximum Gasteiger partial charge on any atom is 0.325 e. The summed E-state index contributed by atoms with van der Waals surface area (Å²) in [6.45, 7) is 6.03. The van der Waals surface area contributed by atoms with E-state index in [1.807, 2.05) is 6.92 Å². The minimum atomic E-state index is -1.47. The monoisotopic (exact) mass is 666 g/mol. The Morgan fingerprint density at radius 2 is 1.55 bits per heavy atom. The van der Waals surface area contributed by atoms with Crippen molar-refractivity contribution in [1.29, 1.82) is 0 Å². The topological polar surface area (TPSA) is 209 Å². The number of nitrogens with one attached hydrogen (secondary N) is 4. The van der Waals surface area contributed by atoms with E-state index in [0.717, 1.165) is 38.5 Å². The molecular weight excluding hydrogens is 608 g/mol. The summed E-state index contributed by atoms with van der Waals surface area (Å²) in [7, 11) is 1.54. The number of unbranched alkanes of at least 4 members (excludes halogenated alkanes) is 3. The summed E-state index contributed by atoms with van der Waals surface area (Å²) in [6.07, 6.45) is 6.84. The van der Waals surface area contributed by atoms with Crippen molar-refractivity contribution in [3.05, 3.63) is 0 Å². The molecule has 1 saturated heterocycles. The van der Waals surface area contributed by atoms with E-state index < -0.39 is 78.4 Å². The number of rotatable bonds is 10. The third-order valence-electron chi connectivity index (χ3n) is 9.29. The zero-order chi connectivity index (χ0) is 35.1. The first kappa shape index (κ1) is 39.9. The number of cyclic esters (lactones) is 1. The van der Waals surface area contributed by atoms with Crippen LogP contribution in [0.25, 0.3) is 0 Å². The summed E-state index contributed by atoms with van der Waals surface area (Å²) in [4.78, 5) is 82.1. The van der Waals surface area contributed by atoms with E-state index in [2.05, 4.69) is 28.2 Å². The molecule has 14 nitrogen and oxygen atoms in total. The molecule has 1 saturated carbocycles. The van der Waals surface area contributed by atoms with Gasteiger partial charge in [0.1, 0.15) is 36.8 Å². The number of esters is 1. The average Bonchev–Trinajstić information content (AvgIpc) is 3.06. The molecule has 47 heavy (non-hydrogen) atoms. The van der Waals surface area contributed by atoms with Crippen LogP contribution in [0.5, 0.6) is 0 Å². The lowest BCUT2D eigenvalue weighted by Gasteiger charge is -2.35. The van der Waals surface area contributed by atoms with E-state index in [-0.39, 0.29) is 18.4 Å². The number of ether oxygens (including phenoxy) is 1. The van der Waals surface area contributed by atoms with Gasteiger partial charge in [0.25, 0.3) is 0 Å². The van der Waals surface area contributed by atoms with Crippen LogP contribution in [0.3, 0.4) is 0 Å². The van der Waals surface area contributed by atoms with Crippen molar-refractivity contribution in [1.82, 2.24) is 26.2 Å². The molecule has 0 aromatic rings. The molecule has 1 heterocycles. The van der Waals surface area contributed by atoms with Gasteiger partial charge in [-0.1, -0.05) is 65.7 Å². The van der Waals surface area contributed by atoms with Crippen LogP contribution < -0.4 is 27.0 Å². The molecular formula is C33H58N6O8. The summed E-state index contributed by atoms with van der Waals surface area (Å²) in [6, 6.07) is -4.63. The van der Waals surface area contributed by atoms with Crippen molar-refractivity contribution in [2.75, 3.05) is 20.1 Å². The van der Waals surface area contributed by atoms with Crippen LogP contribution in [-0.2, 0) is 33.5 Å². The maximum atomic E-state index is 13.9. The molecule has 2 rings (SSSR count). The molecule has 2 fully saturated rings. The molecule has 7 atom stereocenters. The van der Waals surface area contributed by atoms with Crippen molar-refractivity contribution in [3.63, 3.8) is 0 Å². The smallest absolute Gasteiger partial charge is 0.325 e. The van der Waals surface area contributed by atoms with Gasteiger partial charge in [0.2, 0.25) is 29.5 Å². The zero-order valence-electron chi connectivity index (χ0n) is 28.8. The Labute approximate surface area is 279 Å². The van der Waals surface area contributed by atoms with Gasteiger partial charge in [-0.25, -0.2) is 0 Å². The number of hydrogen-bond donors (Lipinski definition) is 6. The highest BCUT2D eigenvalue weighted by Crippen LogP contribution is 2.27. The summed E-state index contributed by atoms with van der Waals surface area (Å²) in [5, 5.41) is 20.7. The number of likely N-dealkylation sites (N-methyl/N-ethyl adjacent to an activating group) is 1. The Morgan fingerprint density at radius 3 is 2.15 bits per heavy atom. The molecule has 0 bridgehead atoms. The van der Waals surface area contributed by atoms with E-state index in [9.17, 15) is 33.9 Å². The molecule has 5 amide bonds. The molecule has 268 valence electrons. The number of aliphatic hydroxyl groups is 1. The van der Waals surface area contributed by atoms with Gasteiger partial charge < -0.3 is 41.7 Å². The van der Waals surface area contributed by atoms with Gasteiger partial charge in [-0.05, 0) is 44.9 Å². The van der Waals surface area contributed by atoms with Gasteiger partial charge in [-0.2, -0.15) is 0 Å². The Bertz CT molecular complexity index is 1070. The van der Waals surface area contributed by atoms with E-state index in [0.29, 0.717) is 38.5 Å². The van der Waals surface area contributed by atoms with Crippen molar-refractivity contribution >= 4 is 35.5 Å². The summed E-state index contributed by atoms with van der Waals surface area (Å²) < 4.78 is 5.74. The number of amides is 5. The minimum absolute atomic E-state index is 0.201. The van der Waals surface area contributed by atoms with Crippen LogP contribution in [0.2, 0.25) is 0 Å². The van der Waals surface area contributed by atoms with Gasteiger partial charge in [-0.15, -0.1) is 0 Å². The highest BCUT2D eigenvalue weighted by Gasteiger charge is 2.39. The third kappa shape index (κ3) is 12.0. The lowest BCUT2D eigenvalue weighted by Crippen LogP contribution is -2.62. The predicted octanol–water partition coefficient (Wildman–Crippen LogP) is 0.636. The maximum absolute atomic E-state index is 13.9. The van der Waals surface area contributed by atoms with Crippen LogP contribution in [0.1, 0.15) is 105 Å². The van der Waals surface area contributed by atoms with Crippen LogP contribution >= 0.6 is 0 Å². The number of carbonyl (C=O) groups is 6. The fraction of sp³-hybridized carbons (Fsp3) is 0.818. The SMILES string of the molecule is CCCCCC[C@H]1OC(=O)CNC(=O)[C@H](C(C)O)NC(=O)[C@H](CN)NC(=O)[C@H](C2CCCCC2)NC(=O)[C@H](CCC)N(C)C(=O)[C@@H]1C. The van der Waals surface area contributed by atoms with E-state index in [1.165, 1.54) is 18.9 Å². The molecule has 1 aliphatic carbocycles. The molecule has 7 N–H and O–H groups in total. The van der Waals surface area contributed by atoms with E-state index in [1.54, 1.807) is 6.92 Å². The van der Waals surface area contributed by atoms with Gasteiger partial charge in [0, 0.05) is 13.6 Å². The molecule has 0 aromatic heterocycles. The third-order valence-corrected chi connectivity index (χ3v) is 9.29. The molecule has 14 heteroatoms. The van der Waals surface area contributed by atoms with Crippen LogP contribution in [0.4, 0.5) is 0 Å². The van der Waals surface area contributed by atoms with Crippen LogP contribution in [0, 0.1) is 11.8 Å². The number of nitrogens with zero attached hydrogens (tertiary/aromatic N) is 1. The van der Waals surface area contributed by atoms with Gasteiger partial charge in [0.05, 0.1) is 12.0 Å². The van der Waals surface area contributed by atoms with Crippen LogP contribution in [0.15, 0.2) is 0 Å². The fourth-order valence-corrected chi connectivity index (χ4v) is 6.34. The minimum Gasteiger partial charge on any atom is -0.460 e. The number of carbonyl (C=O) groups excluding carboxylic acids is 6. The summed E-state index contributed by atoms with van der Waals surface area (Å²) in [5.74, 6) is -4.94. The molecule has 2 aliphatic rings. The highest BCUT2D eigenvalue weighted by molar-refractivity contribution is 5.96. The largest absolute Gasteiger partial charge is 0.460 e. The standard InChI is InChI=1S/C33H58N6O8/c1-6-8-9-13-17-25-20(3)33(46)39(5)24(14-7-2)30(43)38-28(22-15-11-10-12-16-22)32(45)36-23(18-34)29(42)37-27(21(4)40)31(44)35-19-26(41)47-25/h20-25,27-28,40H,6-19,34H2,1-5H3,(H,35,44)(H,36,45)(H,37,42)(H,38,43)/t20-,21?,23+,24+,25-,27+,28+/m1/s1. The second-order valence-electron chi connectivity index (χ2n) is 13.0. The van der Waals surface area contributed by atoms with Crippen molar-refractivity contribution in [2.24, 2.45) is 17.6 Å². The van der Waals surface area contributed by atoms with E-state index in [4.69, 9.17) is 10.5 Å². The number of aliphatic hydroxyl groups excluding tert-OH is 1. The van der Waals surface area contributed by atoms with Crippen molar-refractivity contribution in [2.45, 2.75) is 141 Å². The Kier molecular flexibility index (Phi) is 17.1. The average molecular weight is 667 g/mol. The molecule has 0 radical (unpaired) electrons. The fourth-order valence-electron chi connectivity index (χ4n) is 6.34. The van der Waals surface area contributed by atoms with Crippen molar-refractivity contribution < 1.29 is 38.6 Å². The molecule has 0 aromatic carbocycles. The Hall–Kier alpha value is -3.26. The lowest BCUT2D eigenvalue weighted by atomic mass is 9.83. The number of nitrogens with two attached hydrogens (primary N) is 1. The molecule has 1 unspecified atom stereocenters. The normalized spacial score (nSPS) is 29.0. The first-order chi connectivity index (χ1) is 22.4. The van der Waals surface area contributed by atoms with Gasteiger partial charge in [0.15, 0.2) is 0 Å². The molecule has 0 spiro atoms. The van der Waals surface area contributed by atoms with E-state index >= 15 is 0 Å².